The van der Waals surface area contributed by atoms with Gasteiger partial charge in [-0.1, -0.05) is 25.5 Å². The van der Waals surface area contributed by atoms with Crippen LogP contribution in [-0.4, -0.2) is 4.98 Å². The molecule has 1 N–H and O–H groups in total. The Morgan fingerprint density at radius 2 is 2.20 bits per heavy atom. The van der Waals surface area contributed by atoms with Gasteiger partial charge >= 0.3 is 0 Å². The number of hydrogen-bond donors (Lipinski definition) is 1. The molecule has 2 heteroatoms. The summed E-state index contributed by atoms with van der Waals surface area (Å²) in [5.41, 5.74) is 2.52. The normalized spacial score (nSPS) is 12.9. The van der Waals surface area contributed by atoms with Crippen molar-refractivity contribution in [2.24, 2.45) is 5.41 Å². The number of aromatic nitrogens is 1. The number of nitrogens with one attached hydrogen (secondary N) is 1. The summed E-state index contributed by atoms with van der Waals surface area (Å²) in [5, 5.41) is 0. The second-order valence-corrected chi connectivity index (χ2v) is 4.59. The minimum absolute atomic E-state index is 0.0265. The van der Waals surface area contributed by atoms with Crippen molar-refractivity contribution in [3.63, 3.8) is 0 Å². The maximum Gasteiger partial charge on any atom is 0.248 e. The monoisotopic (exact) mass is 205 g/mol. The SMILES string of the molecule is C/C=C(\C)C(C)(C)Cc1cc[nH]c(=O)c1. The Kier molecular flexibility index (Phi) is 3.51. The van der Waals surface area contributed by atoms with E-state index in [2.05, 4.69) is 38.8 Å². The minimum Gasteiger partial charge on any atom is -0.329 e. The first-order valence-corrected chi connectivity index (χ1v) is 5.27. The van der Waals surface area contributed by atoms with Crippen LogP contribution in [0.5, 0.6) is 0 Å². The molecule has 0 radical (unpaired) electrons. The van der Waals surface area contributed by atoms with Crippen molar-refractivity contribution in [2.45, 2.75) is 34.1 Å². The van der Waals surface area contributed by atoms with Gasteiger partial charge in [0.25, 0.3) is 0 Å². The summed E-state index contributed by atoms with van der Waals surface area (Å²) in [6, 6.07) is 3.64. The van der Waals surface area contributed by atoms with Gasteiger partial charge in [0.1, 0.15) is 0 Å². The average molecular weight is 205 g/mol. The van der Waals surface area contributed by atoms with E-state index in [1.807, 2.05) is 6.07 Å². The van der Waals surface area contributed by atoms with E-state index in [4.69, 9.17) is 0 Å². The van der Waals surface area contributed by atoms with Crippen LogP contribution in [0, 0.1) is 5.41 Å². The highest BCUT2D eigenvalue weighted by Crippen LogP contribution is 2.29. The molecule has 1 aromatic rings. The van der Waals surface area contributed by atoms with Crippen LogP contribution in [-0.2, 0) is 6.42 Å². The molecular weight excluding hydrogens is 186 g/mol. The summed E-state index contributed by atoms with van der Waals surface area (Å²) in [7, 11) is 0. The van der Waals surface area contributed by atoms with Crippen LogP contribution in [0.15, 0.2) is 34.8 Å². The lowest BCUT2D eigenvalue weighted by atomic mass is 9.79. The van der Waals surface area contributed by atoms with Crippen molar-refractivity contribution in [3.8, 4) is 0 Å². The number of pyridine rings is 1. The van der Waals surface area contributed by atoms with E-state index in [1.54, 1.807) is 12.3 Å². The molecule has 0 aromatic carbocycles. The van der Waals surface area contributed by atoms with Crippen LogP contribution in [0.3, 0.4) is 0 Å². The minimum atomic E-state index is -0.0265. The molecule has 1 rings (SSSR count). The van der Waals surface area contributed by atoms with E-state index < -0.39 is 0 Å². The van der Waals surface area contributed by atoms with Crippen LogP contribution in [0.4, 0.5) is 0 Å². The van der Waals surface area contributed by atoms with Gasteiger partial charge in [0.15, 0.2) is 0 Å². The van der Waals surface area contributed by atoms with E-state index in [1.165, 1.54) is 5.57 Å². The number of aromatic amines is 1. The predicted molar refractivity (Wildman–Crippen MR) is 64.0 cm³/mol. The standard InChI is InChI=1S/C13H19NO/c1-5-10(2)13(3,4)9-11-6-7-14-12(15)8-11/h5-8H,9H2,1-4H3,(H,14,15)/b10-5+. The predicted octanol–water partition coefficient (Wildman–Crippen LogP) is 2.91. The quantitative estimate of drug-likeness (QED) is 0.756. The van der Waals surface area contributed by atoms with Gasteiger partial charge in [-0.3, -0.25) is 4.79 Å². The fraction of sp³-hybridized carbons (Fsp3) is 0.462. The second kappa shape index (κ2) is 4.47. The lowest BCUT2D eigenvalue weighted by Crippen LogP contribution is -2.18. The summed E-state index contributed by atoms with van der Waals surface area (Å²) in [6.07, 6.45) is 4.74. The zero-order valence-corrected chi connectivity index (χ0v) is 9.92. The third kappa shape index (κ3) is 3.08. The molecule has 0 unspecified atom stereocenters. The first-order chi connectivity index (χ1) is 6.95. The number of hydrogen-bond acceptors (Lipinski definition) is 1. The summed E-state index contributed by atoms with van der Waals surface area (Å²) in [6.45, 7) is 8.58. The molecule has 0 aliphatic rings. The van der Waals surface area contributed by atoms with E-state index in [9.17, 15) is 4.79 Å². The van der Waals surface area contributed by atoms with Crippen molar-refractivity contribution < 1.29 is 0 Å². The van der Waals surface area contributed by atoms with Crippen molar-refractivity contribution in [1.29, 1.82) is 0 Å². The number of H-pyrrole nitrogens is 1. The summed E-state index contributed by atoms with van der Waals surface area (Å²) in [4.78, 5) is 13.8. The van der Waals surface area contributed by atoms with Crippen LogP contribution < -0.4 is 5.56 Å². The second-order valence-electron chi connectivity index (χ2n) is 4.59. The van der Waals surface area contributed by atoms with Gasteiger partial charge in [-0.15, -0.1) is 0 Å². The number of rotatable bonds is 3. The molecule has 0 atom stereocenters. The maximum atomic E-state index is 11.1. The molecule has 0 spiro atoms. The first kappa shape index (κ1) is 11.8. The molecule has 82 valence electrons. The van der Waals surface area contributed by atoms with E-state index >= 15 is 0 Å². The number of allylic oxidation sites excluding steroid dienone is 2. The Balaban J connectivity index is 2.91. The van der Waals surface area contributed by atoms with E-state index in [-0.39, 0.29) is 11.0 Å². The van der Waals surface area contributed by atoms with Gasteiger partial charge in [-0.25, -0.2) is 0 Å². The lowest BCUT2D eigenvalue weighted by molar-refractivity contribution is 0.442. The lowest BCUT2D eigenvalue weighted by Gasteiger charge is -2.25. The zero-order chi connectivity index (χ0) is 11.5. The fourth-order valence-corrected chi connectivity index (χ4v) is 1.64. The fourth-order valence-electron chi connectivity index (χ4n) is 1.64. The topological polar surface area (TPSA) is 32.9 Å². The molecule has 0 amide bonds. The van der Waals surface area contributed by atoms with Gasteiger partial charge in [-0.2, -0.15) is 0 Å². The Hall–Kier alpha value is -1.31. The van der Waals surface area contributed by atoms with Crippen LogP contribution in [0.25, 0.3) is 0 Å². The highest BCUT2D eigenvalue weighted by atomic mass is 16.1. The Bertz CT molecular complexity index is 413. The average Bonchev–Trinajstić information content (AvgIpc) is 2.15. The van der Waals surface area contributed by atoms with Crippen molar-refractivity contribution >= 4 is 0 Å². The molecule has 1 heterocycles. The van der Waals surface area contributed by atoms with E-state index in [0.717, 1.165) is 12.0 Å². The molecule has 1 aromatic heterocycles. The third-order valence-corrected chi connectivity index (χ3v) is 2.99. The van der Waals surface area contributed by atoms with Gasteiger partial charge in [0, 0.05) is 12.3 Å². The molecule has 0 saturated heterocycles. The molecule has 15 heavy (non-hydrogen) atoms. The molecule has 2 nitrogen and oxygen atoms in total. The summed E-state index contributed by atoms with van der Waals surface area (Å²) in [5.74, 6) is 0. The van der Waals surface area contributed by atoms with Crippen LogP contribution in [0.2, 0.25) is 0 Å². The molecule has 0 aliphatic carbocycles. The molecule has 0 fully saturated rings. The highest BCUT2D eigenvalue weighted by molar-refractivity contribution is 5.18. The largest absolute Gasteiger partial charge is 0.329 e. The van der Waals surface area contributed by atoms with Gasteiger partial charge in [0.2, 0.25) is 5.56 Å². The smallest absolute Gasteiger partial charge is 0.248 e. The van der Waals surface area contributed by atoms with Crippen LogP contribution >= 0.6 is 0 Å². The zero-order valence-electron chi connectivity index (χ0n) is 9.92. The molecule has 0 saturated carbocycles. The highest BCUT2D eigenvalue weighted by Gasteiger charge is 2.19. The van der Waals surface area contributed by atoms with Crippen molar-refractivity contribution in [1.82, 2.24) is 4.98 Å². The Labute approximate surface area is 91.0 Å². The Morgan fingerprint density at radius 1 is 1.53 bits per heavy atom. The van der Waals surface area contributed by atoms with Crippen LogP contribution in [0.1, 0.15) is 33.3 Å². The van der Waals surface area contributed by atoms with Gasteiger partial charge < -0.3 is 4.98 Å². The summed E-state index contributed by atoms with van der Waals surface area (Å²) < 4.78 is 0. The van der Waals surface area contributed by atoms with Gasteiger partial charge in [0.05, 0.1) is 0 Å². The molecule has 0 bridgehead atoms. The third-order valence-electron chi connectivity index (χ3n) is 2.99. The summed E-state index contributed by atoms with van der Waals surface area (Å²) >= 11 is 0. The van der Waals surface area contributed by atoms with E-state index in [0.29, 0.717) is 0 Å². The molecular formula is C13H19NO. The van der Waals surface area contributed by atoms with Gasteiger partial charge in [-0.05, 0) is 37.3 Å². The molecule has 0 aliphatic heterocycles. The van der Waals surface area contributed by atoms with Crippen molar-refractivity contribution in [3.05, 3.63) is 45.9 Å². The first-order valence-electron chi connectivity index (χ1n) is 5.27. The maximum absolute atomic E-state index is 11.1. The van der Waals surface area contributed by atoms with Crippen molar-refractivity contribution in [2.75, 3.05) is 0 Å². The Morgan fingerprint density at radius 3 is 2.73 bits per heavy atom.